The summed E-state index contributed by atoms with van der Waals surface area (Å²) in [6.07, 6.45) is 4.41. The van der Waals surface area contributed by atoms with Crippen molar-refractivity contribution in [2.24, 2.45) is 0 Å². The van der Waals surface area contributed by atoms with Gasteiger partial charge < -0.3 is 8.98 Å². The molecule has 0 N–H and O–H groups in total. The minimum absolute atomic E-state index is 0.331. The second kappa shape index (κ2) is 14.2. The molecule has 1 atom stereocenters. The highest BCUT2D eigenvalue weighted by molar-refractivity contribution is 7.92. The summed E-state index contributed by atoms with van der Waals surface area (Å²) in [5.41, 5.74) is 6.84. The summed E-state index contributed by atoms with van der Waals surface area (Å²) in [5.74, 6) is 2.01. The molecule has 10 heteroatoms. The monoisotopic (exact) mass is 786 g/mol. The van der Waals surface area contributed by atoms with Crippen molar-refractivity contribution in [2.45, 2.75) is 54.1 Å². The predicted octanol–water partition coefficient (Wildman–Crippen LogP) is 11.1. The van der Waals surface area contributed by atoms with E-state index in [2.05, 4.69) is 47.0 Å². The van der Waals surface area contributed by atoms with E-state index in [-0.39, 0.29) is 5.25 Å². The molecule has 0 spiro atoms. The number of nitrogens with zero attached hydrogens (tertiary/aromatic N) is 4. The van der Waals surface area contributed by atoms with E-state index in [9.17, 15) is 12.6 Å². The Balaban J connectivity index is 1.09. The summed E-state index contributed by atoms with van der Waals surface area (Å²) in [6, 6.07) is 43.4. The van der Waals surface area contributed by atoms with Crippen molar-refractivity contribution in [3.8, 4) is 39.9 Å². The Hall–Kier alpha value is -5.97. The van der Waals surface area contributed by atoms with E-state index >= 15 is 0 Å². The van der Waals surface area contributed by atoms with Crippen LogP contribution in [0.1, 0.15) is 39.0 Å². The first kappa shape index (κ1) is 35.4. The molecule has 57 heavy (non-hydrogen) atoms. The molecule has 3 aromatic heterocycles. The van der Waals surface area contributed by atoms with Gasteiger partial charge in [-0.25, -0.2) is 23.4 Å². The normalized spacial score (nSPS) is 14.5. The van der Waals surface area contributed by atoms with E-state index < -0.39 is 20.6 Å². The Morgan fingerprint density at radius 3 is 1.96 bits per heavy atom. The van der Waals surface area contributed by atoms with E-state index in [4.69, 9.17) is 19.4 Å². The number of sulfone groups is 1. The van der Waals surface area contributed by atoms with Gasteiger partial charge in [0.2, 0.25) is 0 Å². The molecule has 1 saturated carbocycles. The zero-order chi connectivity index (χ0) is 38.7. The number of furan rings is 1. The molecule has 1 unspecified atom stereocenters. The van der Waals surface area contributed by atoms with Gasteiger partial charge in [0.05, 0.1) is 32.0 Å². The molecule has 10 rings (SSSR count). The van der Waals surface area contributed by atoms with Crippen molar-refractivity contribution in [1.29, 1.82) is 0 Å². The number of hydrogen-bond acceptors (Lipinski definition) is 7. The molecule has 0 bridgehead atoms. The molecule has 8 nitrogen and oxygen atoms in total. The van der Waals surface area contributed by atoms with Crippen LogP contribution in [0.5, 0.6) is 0 Å². The van der Waals surface area contributed by atoms with Crippen LogP contribution < -0.4 is 0 Å². The third kappa shape index (κ3) is 6.24. The lowest BCUT2D eigenvalue weighted by Gasteiger charge is -2.21. The summed E-state index contributed by atoms with van der Waals surface area (Å²) in [7, 11) is -4.51. The summed E-state index contributed by atoms with van der Waals surface area (Å²) < 4.78 is 48.5. The maximum atomic E-state index is 13.5. The molecule has 0 aliphatic heterocycles. The van der Waals surface area contributed by atoms with Crippen molar-refractivity contribution in [3.05, 3.63) is 133 Å². The second-order valence-corrected chi connectivity index (χ2v) is 18.6. The summed E-state index contributed by atoms with van der Waals surface area (Å²) >= 11 is 0. The zero-order valence-corrected chi connectivity index (χ0v) is 32.9. The largest absolute Gasteiger partial charge is 0.456 e. The number of fused-ring (bicyclic) bond motifs is 6. The topological polar surface area (TPSA) is 108 Å². The lowest BCUT2D eigenvalue weighted by atomic mass is 10.0. The van der Waals surface area contributed by atoms with Gasteiger partial charge in [0.1, 0.15) is 11.2 Å². The summed E-state index contributed by atoms with van der Waals surface area (Å²) in [4.78, 5) is 16.0. The van der Waals surface area contributed by atoms with Gasteiger partial charge in [-0.2, -0.15) is 0 Å². The van der Waals surface area contributed by atoms with Crippen LogP contribution >= 0.6 is 0 Å². The van der Waals surface area contributed by atoms with Crippen LogP contribution in [0.4, 0.5) is 0 Å². The van der Waals surface area contributed by atoms with E-state index in [1.165, 1.54) is 0 Å². The number of aromatic nitrogens is 4. The van der Waals surface area contributed by atoms with E-state index in [0.29, 0.717) is 46.5 Å². The summed E-state index contributed by atoms with van der Waals surface area (Å²) in [5, 5.41) is 3.75. The maximum absolute atomic E-state index is 13.5. The Morgan fingerprint density at radius 2 is 1.23 bits per heavy atom. The molecule has 1 aliphatic rings. The molecule has 3 heterocycles. The SMILES string of the molecule is CCS(=O)c1ccc2c3ccccc3n(-c3ccc4oc5ccc(-c6nc(-c7ccccc7)nc(-c7ccc(S(=O)(=O)C8CCCCC8)cc7)n6)cc5c4c3)c2c1. The van der Waals surface area contributed by atoms with Gasteiger partial charge in [-0.05, 0) is 91.7 Å². The fraction of sp³-hybridized carbons (Fsp3) is 0.170. The Labute approximate surface area is 332 Å². The Morgan fingerprint density at radius 1 is 0.614 bits per heavy atom. The Bertz CT molecular complexity index is 3130. The average Bonchev–Trinajstić information content (AvgIpc) is 3.81. The second-order valence-electron chi connectivity index (χ2n) is 14.7. The number of benzene rings is 6. The highest BCUT2D eigenvalue weighted by atomic mass is 32.2. The summed E-state index contributed by atoms with van der Waals surface area (Å²) in [6.45, 7) is 1.94. The lowest BCUT2D eigenvalue weighted by molar-refractivity contribution is 0.483. The first-order chi connectivity index (χ1) is 27.9. The molecular formula is C47H38N4O4S2. The first-order valence-corrected chi connectivity index (χ1v) is 22.3. The molecular weight excluding hydrogens is 749 g/mol. The Kier molecular flexibility index (Phi) is 8.83. The molecule has 6 aromatic carbocycles. The minimum Gasteiger partial charge on any atom is -0.456 e. The van der Waals surface area contributed by atoms with E-state index in [1.807, 2.05) is 73.7 Å². The third-order valence-corrected chi connectivity index (χ3v) is 14.8. The molecule has 9 aromatic rings. The zero-order valence-electron chi connectivity index (χ0n) is 31.3. The van der Waals surface area contributed by atoms with Crippen LogP contribution in [0.15, 0.2) is 148 Å². The van der Waals surface area contributed by atoms with Crippen LogP contribution in [0.25, 0.3) is 83.6 Å². The fourth-order valence-electron chi connectivity index (χ4n) is 8.29. The highest BCUT2D eigenvalue weighted by Gasteiger charge is 2.29. The minimum atomic E-state index is -3.42. The van der Waals surface area contributed by atoms with Crippen LogP contribution in [0, 0.1) is 0 Å². The van der Waals surface area contributed by atoms with Gasteiger partial charge in [0.25, 0.3) is 0 Å². The standard InChI is InChI=1S/C47H38N4O4S2/c1-2-56(52)34-21-24-38-37-15-9-10-16-41(37)51(42(38)29-34)33-20-26-44-40(28-33)39-27-32(19-25-43(39)55-44)47-49-45(30-11-5-3-6-12-30)48-46(50-47)31-17-22-36(23-18-31)57(53,54)35-13-7-4-8-14-35/h3,5-6,9-12,15-29,35H,2,4,7-8,13-14H2,1H3. The predicted molar refractivity (Wildman–Crippen MR) is 229 cm³/mol. The molecule has 0 radical (unpaired) electrons. The quantitative estimate of drug-likeness (QED) is 0.151. The number of rotatable bonds is 8. The van der Waals surface area contributed by atoms with Crippen LogP contribution in [0.3, 0.4) is 0 Å². The smallest absolute Gasteiger partial charge is 0.181 e. The van der Waals surface area contributed by atoms with Crippen molar-refractivity contribution in [2.75, 3.05) is 5.75 Å². The molecule has 0 amide bonds. The van der Waals surface area contributed by atoms with Gasteiger partial charge in [-0.3, -0.25) is 4.21 Å². The van der Waals surface area contributed by atoms with E-state index in [1.54, 1.807) is 24.3 Å². The van der Waals surface area contributed by atoms with Crippen molar-refractivity contribution in [1.82, 2.24) is 19.5 Å². The van der Waals surface area contributed by atoms with E-state index in [0.717, 1.165) is 84.7 Å². The van der Waals surface area contributed by atoms with Crippen LogP contribution in [-0.2, 0) is 20.6 Å². The van der Waals surface area contributed by atoms with Gasteiger partial charge >= 0.3 is 0 Å². The molecule has 282 valence electrons. The molecule has 0 saturated heterocycles. The van der Waals surface area contributed by atoms with Gasteiger partial charge in [0, 0.05) is 54.6 Å². The lowest BCUT2D eigenvalue weighted by Crippen LogP contribution is -2.24. The average molecular weight is 787 g/mol. The first-order valence-electron chi connectivity index (χ1n) is 19.4. The molecule has 1 aliphatic carbocycles. The number of para-hydroxylation sites is 1. The van der Waals surface area contributed by atoms with Gasteiger partial charge in [-0.1, -0.05) is 80.8 Å². The van der Waals surface area contributed by atoms with Gasteiger partial charge in [0.15, 0.2) is 27.3 Å². The molecule has 1 fully saturated rings. The number of hydrogen-bond donors (Lipinski definition) is 0. The van der Waals surface area contributed by atoms with Gasteiger partial charge in [-0.15, -0.1) is 0 Å². The van der Waals surface area contributed by atoms with Crippen molar-refractivity contribution in [3.63, 3.8) is 0 Å². The van der Waals surface area contributed by atoms with Crippen molar-refractivity contribution < 1.29 is 17.0 Å². The highest BCUT2D eigenvalue weighted by Crippen LogP contribution is 2.38. The van der Waals surface area contributed by atoms with Crippen LogP contribution in [-0.4, -0.2) is 43.1 Å². The third-order valence-electron chi connectivity index (χ3n) is 11.2. The van der Waals surface area contributed by atoms with Crippen molar-refractivity contribution >= 4 is 64.4 Å². The maximum Gasteiger partial charge on any atom is 0.181 e. The van der Waals surface area contributed by atoms with Crippen LogP contribution in [0.2, 0.25) is 0 Å². The fourth-order valence-corrected chi connectivity index (χ4v) is 10.9.